The van der Waals surface area contributed by atoms with Crippen molar-refractivity contribution in [3.8, 4) is 0 Å². The molecule has 1 aliphatic heterocycles. The van der Waals surface area contributed by atoms with Crippen LogP contribution in [-0.4, -0.2) is 26.7 Å². The molecule has 1 N–H and O–H groups in total. The van der Waals surface area contributed by atoms with Crippen LogP contribution in [0.5, 0.6) is 0 Å². The van der Waals surface area contributed by atoms with Gasteiger partial charge in [0, 0.05) is 24.5 Å². The molecule has 0 aliphatic carbocycles. The van der Waals surface area contributed by atoms with Gasteiger partial charge in [0.2, 0.25) is 0 Å². The zero-order chi connectivity index (χ0) is 22.8. The number of likely N-dealkylation sites (tertiary alicyclic amines) is 1. The molecule has 1 aliphatic rings. The monoisotopic (exact) mass is 430 g/mol. The molecule has 1 fully saturated rings. The summed E-state index contributed by atoms with van der Waals surface area (Å²) in [6.07, 6.45) is 3.24. The number of halogens is 1. The molecule has 6 heteroatoms. The second-order valence-corrected chi connectivity index (χ2v) is 8.11. The second kappa shape index (κ2) is 8.75. The summed E-state index contributed by atoms with van der Waals surface area (Å²) in [7, 11) is 0. The van der Waals surface area contributed by atoms with E-state index in [1.807, 2.05) is 24.3 Å². The number of pyridine rings is 1. The summed E-state index contributed by atoms with van der Waals surface area (Å²) < 4.78 is 13.4. The molecule has 1 aromatic heterocycles. The Bertz CT molecular complexity index is 1170. The third kappa shape index (κ3) is 4.04. The number of rotatable bonds is 5. The SMILES string of the molecule is CC(C)c1ccc(C2/C(=C(/O)c3ccc(F)cc3)C(=O)C(=O)N2Cc2ccncc2)cc1. The number of Topliss-reactive ketones (excluding diaryl/α,β-unsaturated/α-hetero) is 1. The van der Waals surface area contributed by atoms with Crippen molar-refractivity contribution in [1.82, 2.24) is 9.88 Å². The van der Waals surface area contributed by atoms with Crippen molar-refractivity contribution in [2.24, 2.45) is 0 Å². The Labute approximate surface area is 185 Å². The first-order valence-corrected chi connectivity index (χ1v) is 10.4. The van der Waals surface area contributed by atoms with E-state index in [-0.39, 0.29) is 23.4 Å². The molecule has 0 saturated carbocycles. The molecule has 1 amide bonds. The smallest absolute Gasteiger partial charge is 0.295 e. The molecule has 3 aromatic rings. The molecule has 4 rings (SSSR count). The summed E-state index contributed by atoms with van der Waals surface area (Å²) in [6.45, 7) is 4.35. The number of aromatic nitrogens is 1. The van der Waals surface area contributed by atoms with Crippen LogP contribution in [0.2, 0.25) is 0 Å². The van der Waals surface area contributed by atoms with Gasteiger partial charge in [-0.05, 0) is 59.0 Å². The highest BCUT2D eigenvalue weighted by atomic mass is 19.1. The molecule has 1 saturated heterocycles. The minimum atomic E-state index is -0.769. The number of aliphatic hydroxyl groups excluding tert-OH is 1. The number of hydrogen-bond acceptors (Lipinski definition) is 4. The third-order valence-electron chi connectivity index (χ3n) is 5.68. The van der Waals surface area contributed by atoms with E-state index in [0.717, 1.165) is 11.1 Å². The summed E-state index contributed by atoms with van der Waals surface area (Å²) in [5, 5.41) is 11.0. The van der Waals surface area contributed by atoms with Gasteiger partial charge >= 0.3 is 0 Å². The molecular formula is C26H23FN2O3. The van der Waals surface area contributed by atoms with Crippen LogP contribution < -0.4 is 0 Å². The largest absolute Gasteiger partial charge is 0.507 e. The van der Waals surface area contributed by atoms with E-state index in [0.29, 0.717) is 11.5 Å². The number of nitrogens with zero attached hydrogens (tertiary/aromatic N) is 2. The standard InChI is InChI=1S/C26H23FN2O3/c1-16(2)18-3-5-19(6-4-18)23-22(24(30)20-7-9-21(27)10-8-20)25(31)26(32)29(23)15-17-11-13-28-14-12-17/h3-14,16,23,30H,15H2,1-2H3/b24-22-. The van der Waals surface area contributed by atoms with Gasteiger partial charge in [-0.15, -0.1) is 0 Å². The Morgan fingerprint density at radius 3 is 2.22 bits per heavy atom. The highest BCUT2D eigenvalue weighted by Gasteiger charge is 2.46. The quantitative estimate of drug-likeness (QED) is 0.353. The van der Waals surface area contributed by atoms with Crippen molar-refractivity contribution < 1.29 is 19.1 Å². The average Bonchev–Trinajstić information content (AvgIpc) is 3.05. The van der Waals surface area contributed by atoms with Gasteiger partial charge in [-0.2, -0.15) is 0 Å². The first-order valence-electron chi connectivity index (χ1n) is 10.4. The van der Waals surface area contributed by atoms with E-state index in [4.69, 9.17) is 0 Å². The number of carbonyl (C=O) groups excluding carboxylic acids is 2. The third-order valence-corrected chi connectivity index (χ3v) is 5.68. The van der Waals surface area contributed by atoms with Crippen LogP contribution in [0.15, 0.2) is 78.6 Å². The van der Waals surface area contributed by atoms with Gasteiger partial charge in [-0.1, -0.05) is 38.1 Å². The Balaban J connectivity index is 1.84. The van der Waals surface area contributed by atoms with Crippen LogP contribution in [0.4, 0.5) is 4.39 Å². The summed E-state index contributed by atoms with van der Waals surface area (Å²) in [6, 6.07) is 15.6. The molecule has 32 heavy (non-hydrogen) atoms. The van der Waals surface area contributed by atoms with Gasteiger partial charge < -0.3 is 10.0 Å². The number of hydrogen-bond donors (Lipinski definition) is 1. The molecule has 0 bridgehead atoms. The number of benzene rings is 2. The van der Waals surface area contributed by atoms with Gasteiger partial charge in [-0.3, -0.25) is 14.6 Å². The molecule has 2 aromatic carbocycles. The second-order valence-electron chi connectivity index (χ2n) is 8.11. The Morgan fingerprint density at radius 1 is 1.00 bits per heavy atom. The van der Waals surface area contributed by atoms with Gasteiger partial charge in [0.15, 0.2) is 0 Å². The number of ketones is 1. The molecule has 0 spiro atoms. The maximum atomic E-state index is 13.4. The predicted molar refractivity (Wildman–Crippen MR) is 119 cm³/mol. The minimum Gasteiger partial charge on any atom is -0.507 e. The fourth-order valence-electron chi connectivity index (χ4n) is 3.90. The zero-order valence-electron chi connectivity index (χ0n) is 17.8. The van der Waals surface area contributed by atoms with E-state index < -0.39 is 23.5 Å². The van der Waals surface area contributed by atoms with E-state index in [9.17, 15) is 19.1 Å². The predicted octanol–water partition coefficient (Wildman–Crippen LogP) is 4.97. The van der Waals surface area contributed by atoms with E-state index in [1.165, 1.54) is 29.2 Å². The maximum absolute atomic E-state index is 13.4. The highest BCUT2D eigenvalue weighted by Crippen LogP contribution is 2.40. The lowest BCUT2D eigenvalue weighted by Crippen LogP contribution is -2.29. The summed E-state index contributed by atoms with van der Waals surface area (Å²) in [5.41, 5.74) is 2.92. The van der Waals surface area contributed by atoms with Crippen molar-refractivity contribution in [2.75, 3.05) is 0 Å². The van der Waals surface area contributed by atoms with Gasteiger partial charge in [0.1, 0.15) is 11.6 Å². The Morgan fingerprint density at radius 2 is 1.62 bits per heavy atom. The van der Waals surface area contributed by atoms with Crippen molar-refractivity contribution in [3.05, 3.63) is 107 Å². The van der Waals surface area contributed by atoms with Crippen LogP contribution in [0.3, 0.4) is 0 Å². The first kappa shape index (κ1) is 21.4. The highest BCUT2D eigenvalue weighted by molar-refractivity contribution is 6.46. The van der Waals surface area contributed by atoms with Crippen LogP contribution in [-0.2, 0) is 16.1 Å². The van der Waals surface area contributed by atoms with Crippen LogP contribution in [0.1, 0.15) is 48.1 Å². The van der Waals surface area contributed by atoms with Gasteiger partial charge in [0.25, 0.3) is 11.7 Å². The van der Waals surface area contributed by atoms with Gasteiger partial charge in [0.05, 0.1) is 11.6 Å². The van der Waals surface area contributed by atoms with E-state index >= 15 is 0 Å². The Hall–Kier alpha value is -3.80. The van der Waals surface area contributed by atoms with Gasteiger partial charge in [-0.25, -0.2) is 4.39 Å². The first-order chi connectivity index (χ1) is 15.4. The molecule has 1 unspecified atom stereocenters. The lowest BCUT2D eigenvalue weighted by Gasteiger charge is -2.25. The number of carbonyl (C=O) groups is 2. The number of amides is 1. The summed E-state index contributed by atoms with van der Waals surface area (Å²) >= 11 is 0. The molecule has 162 valence electrons. The molecule has 1 atom stereocenters. The topological polar surface area (TPSA) is 70.5 Å². The van der Waals surface area contributed by atoms with Crippen LogP contribution >= 0.6 is 0 Å². The Kier molecular flexibility index (Phi) is 5.86. The molecular weight excluding hydrogens is 407 g/mol. The minimum absolute atomic E-state index is 0.00652. The fraction of sp³-hybridized carbons (Fsp3) is 0.192. The normalized spacial score (nSPS) is 17.9. The molecule has 0 radical (unpaired) electrons. The van der Waals surface area contributed by atoms with E-state index in [2.05, 4.69) is 18.8 Å². The fourth-order valence-corrected chi connectivity index (χ4v) is 3.90. The zero-order valence-corrected chi connectivity index (χ0v) is 17.8. The number of aliphatic hydroxyl groups is 1. The molecule has 5 nitrogen and oxygen atoms in total. The lowest BCUT2D eigenvalue weighted by molar-refractivity contribution is -0.140. The maximum Gasteiger partial charge on any atom is 0.295 e. The van der Waals surface area contributed by atoms with Crippen molar-refractivity contribution in [1.29, 1.82) is 0 Å². The van der Waals surface area contributed by atoms with Crippen LogP contribution in [0, 0.1) is 5.82 Å². The van der Waals surface area contributed by atoms with Crippen LogP contribution in [0.25, 0.3) is 5.76 Å². The summed E-state index contributed by atoms with van der Waals surface area (Å²) in [4.78, 5) is 31.5. The summed E-state index contributed by atoms with van der Waals surface area (Å²) in [5.74, 6) is -1.91. The average molecular weight is 430 g/mol. The van der Waals surface area contributed by atoms with Crippen molar-refractivity contribution in [3.63, 3.8) is 0 Å². The van der Waals surface area contributed by atoms with Crippen molar-refractivity contribution in [2.45, 2.75) is 32.4 Å². The van der Waals surface area contributed by atoms with E-state index in [1.54, 1.807) is 24.5 Å². The molecule has 2 heterocycles. The lowest BCUT2D eigenvalue weighted by atomic mass is 9.93. The van der Waals surface area contributed by atoms with Crippen molar-refractivity contribution >= 4 is 17.4 Å².